The molecule has 118 valence electrons. The average molecular weight is 326 g/mol. The quantitative estimate of drug-likeness (QED) is 0.551. The highest BCUT2D eigenvalue weighted by Gasteiger charge is 2.03. The third kappa shape index (κ3) is 4.29. The molecule has 0 aliphatic carbocycles. The number of hydrogen-bond donors (Lipinski definition) is 1. The Kier molecular flexibility index (Phi) is 4.88. The molecule has 3 aromatic rings. The summed E-state index contributed by atoms with van der Waals surface area (Å²) in [5.41, 5.74) is 1.05. The summed E-state index contributed by atoms with van der Waals surface area (Å²) in [6.45, 7) is 2.51. The van der Waals surface area contributed by atoms with Crippen LogP contribution in [0, 0.1) is 6.92 Å². The molecule has 0 bridgehead atoms. The van der Waals surface area contributed by atoms with Crippen LogP contribution in [-0.2, 0) is 11.2 Å². The van der Waals surface area contributed by atoms with Crippen LogP contribution < -0.4 is 5.32 Å². The Bertz CT molecular complexity index is 799. The molecule has 0 aliphatic heterocycles. The summed E-state index contributed by atoms with van der Waals surface area (Å²) < 4.78 is 6.58. The van der Waals surface area contributed by atoms with Crippen molar-refractivity contribution in [3.63, 3.8) is 0 Å². The molecule has 4 nitrogen and oxygen atoms in total. The lowest BCUT2D eigenvalue weighted by atomic mass is 10.3. The second-order valence-corrected chi connectivity index (χ2v) is 6.37. The SMILES string of the molecule is Cc1ccc(/C=C/C(=O)NCCCc2nc3ccccc3s2)o1. The van der Waals surface area contributed by atoms with Gasteiger partial charge in [0.1, 0.15) is 11.5 Å². The molecular weight excluding hydrogens is 308 g/mol. The van der Waals surface area contributed by atoms with E-state index >= 15 is 0 Å². The Morgan fingerprint density at radius 3 is 2.96 bits per heavy atom. The third-order valence-electron chi connectivity index (χ3n) is 3.36. The van der Waals surface area contributed by atoms with Crippen molar-refractivity contribution in [1.82, 2.24) is 10.3 Å². The van der Waals surface area contributed by atoms with Crippen molar-refractivity contribution in [2.75, 3.05) is 6.54 Å². The minimum absolute atomic E-state index is 0.108. The van der Waals surface area contributed by atoms with E-state index in [-0.39, 0.29) is 5.91 Å². The normalized spacial score (nSPS) is 11.3. The van der Waals surface area contributed by atoms with Gasteiger partial charge in [0.2, 0.25) is 5.91 Å². The molecule has 0 saturated carbocycles. The molecular formula is C18H18N2O2S. The van der Waals surface area contributed by atoms with Crippen LogP contribution in [0.5, 0.6) is 0 Å². The number of aromatic nitrogens is 1. The molecule has 1 aromatic carbocycles. The zero-order chi connectivity index (χ0) is 16.1. The van der Waals surface area contributed by atoms with Crippen LogP contribution in [0.1, 0.15) is 22.9 Å². The molecule has 2 aromatic heterocycles. The summed E-state index contributed by atoms with van der Waals surface area (Å²) in [5.74, 6) is 1.41. The van der Waals surface area contributed by atoms with Crippen molar-refractivity contribution in [1.29, 1.82) is 0 Å². The lowest BCUT2D eigenvalue weighted by Crippen LogP contribution is -2.22. The summed E-state index contributed by atoms with van der Waals surface area (Å²) >= 11 is 1.72. The van der Waals surface area contributed by atoms with E-state index < -0.39 is 0 Å². The molecule has 0 saturated heterocycles. The van der Waals surface area contributed by atoms with Crippen molar-refractivity contribution < 1.29 is 9.21 Å². The van der Waals surface area contributed by atoms with Gasteiger partial charge in [0.15, 0.2) is 0 Å². The largest absolute Gasteiger partial charge is 0.462 e. The van der Waals surface area contributed by atoms with Gasteiger partial charge < -0.3 is 9.73 Å². The molecule has 3 rings (SSSR count). The molecule has 0 unspecified atom stereocenters. The number of aryl methyl sites for hydroxylation is 2. The smallest absolute Gasteiger partial charge is 0.244 e. The van der Waals surface area contributed by atoms with Gasteiger partial charge in [0.05, 0.1) is 15.2 Å². The summed E-state index contributed by atoms with van der Waals surface area (Å²) in [6, 6.07) is 11.8. The van der Waals surface area contributed by atoms with E-state index in [2.05, 4.69) is 16.4 Å². The molecule has 0 fully saturated rings. The van der Waals surface area contributed by atoms with E-state index in [0.29, 0.717) is 12.3 Å². The van der Waals surface area contributed by atoms with Crippen LogP contribution >= 0.6 is 11.3 Å². The number of hydrogen-bond acceptors (Lipinski definition) is 4. The number of rotatable bonds is 6. The van der Waals surface area contributed by atoms with Gasteiger partial charge in [0.25, 0.3) is 0 Å². The van der Waals surface area contributed by atoms with E-state index in [9.17, 15) is 4.79 Å². The lowest BCUT2D eigenvalue weighted by Gasteiger charge is -2.00. The number of fused-ring (bicyclic) bond motifs is 1. The third-order valence-corrected chi connectivity index (χ3v) is 4.46. The Morgan fingerprint density at radius 1 is 1.30 bits per heavy atom. The lowest BCUT2D eigenvalue weighted by molar-refractivity contribution is -0.116. The summed E-state index contributed by atoms with van der Waals surface area (Å²) in [5, 5.41) is 3.99. The van der Waals surface area contributed by atoms with Crippen LogP contribution in [-0.4, -0.2) is 17.4 Å². The molecule has 23 heavy (non-hydrogen) atoms. The van der Waals surface area contributed by atoms with Crippen LogP contribution in [0.4, 0.5) is 0 Å². The molecule has 5 heteroatoms. The van der Waals surface area contributed by atoms with Gasteiger partial charge in [-0.2, -0.15) is 0 Å². The predicted molar refractivity (Wildman–Crippen MR) is 93.4 cm³/mol. The van der Waals surface area contributed by atoms with Gasteiger partial charge in [-0.05, 0) is 43.7 Å². The topological polar surface area (TPSA) is 55.1 Å². The van der Waals surface area contributed by atoms with Crippen LogP contribution in [0.15, 0.2) is 46.9 Å². The fourth-order valence-corrected chi connectivity index (χ4v) is 3.25. The average Bonchev–Trinajstić information content (AvgIpc) is 3.15. The first-order valence-corrected chi connectivity index (χ1v) is 8.39. The predicted octanol–water partition coefficient (Wildman–Crippen LogP) is 3.96. The minimum Gasteiger partial charge on any atom is -0.462 e. The number of nitrogens with zero attached hydrogens (tertiary/aromatic N) is 1. The van der Waals surface area contributed by atoms with Crippen molar-refractivity contribution in [2.24, 2.45) is 0 Å². The first kappa shape index (κ1) is 15.5. The van der Waals surface area contributed by atoms with Crippen molar-refractivity contribution in [2.45, 2.75) is 19.8 Å². The minimum atomic E-state index is -0.108. The number of thiazole rings is 1. The number of para-hydroxylation sites is 1. The summed E-state index contributed by atoms with van der Waals surface area (Å²) in [6.07, 6.45) is 4.92. The molecule has 0 spiro atoms. The second kappa shape index (κ2) is 7.24. The standard InChI is InChI=1S/C18H18N2O2S/c1-13-8-9-14(22-13)10-11-17(21)19-12-4-7-18-20-15-5-2-3-6-16(15)23-18/h2-3,5-6,8-11H,4,7,12H2,1H3,(H,19,21)/b11-10+. The highest BCUT2D eigenvalue weighted by atomic mass is 32.1. The first-order valence-electron chi connectivity index (χ1n) is 7.57. The van der Waals surface area contributed by atoms with Crippen molar-refractivity contribution >= 4 is 33.5 Å². The van der Waals surface area contributed by atoms with E-state index in [0.717, 1.165) is 29.1 Å². The van der Waals surface area contributed by atoms with Gasteiger partial charge in [0, 0.05) is 19.0 Å². The van der Waals surface area contributed by atoms with Gasteiger partial charge >= 0.3 is 0 Å². The number of carbonyl (C=O) groups is 1. The van der Waals surface area contributed by atoms with Gasteiger partial charge in [-0.25, -0.2) is 4.98 Å². The number of carbonyl (C=O) groups excluding carboxylic acids is 1. The van der Waals surface area contributed by atoms with Crippen LogP contribution in [0.25, 0.3) is 16.3 Å². The zero-order valence-electron chi connectivity index (χ0n) is 12.9. The number of benzene rings is 1. The maximum atomic E-state index is 11.7. The highest BCUT2D eigenvalue weighted by molar-refractivity contribution is 7.18. The van der Waals surface area contributed by atoms with Gasteiger partial charge in [-0.15, -0.1) is 11.3 Å². The first-order chi connectivity index (χ1) is 11.2. The molecule has 0 atom stereocenters. The van der Waals surface area contributed by atoms with Crippen LogP contribution in [0.3, 0.4) is 0 Å². The Labute approximate surface area is 138 Å². The Morgan fingerprint density at radius 2 is 2.17 bits per heavy atom. The van der Waals surface area contributed by atoms with Crippen molar-refractivity contribution in [3.8, 4) is 0 Å². The maximum absolute atomic E-state index is 11.7. The molecule has 0 radical (unpaired) electrons. The van der Waals surface area contributed by atoms with Crippen LogP contribution in [0.2, 0.25) is 0 Å². The van der Waals surface area contributed by atoms with E-state index in [4.69, 9.17) is 4.42 Å². The van der Waals surface area contributed by atoms with E-state index in [1.54, 1.807) is 17.4 Å². The number of amides is 1. The second-order valence-electron chi connectivity index (χ2n) is 5.25. The molecule has 0 aliphatic rings. The summed E-state index contributed by atoms with van der Waals surface area (Å²) in [4.78, 5) is 16.3. The Hall–Kier alpha value is -2.40. The monoisotopic (exact) mass is 326 g/mol. The molecule has 2 heterocycles. The fraction of sp³-hybridized carbons (Fsp3) is 0.222. The molecule has 1 amide bonds. The summed E-state index contributed by atoms with van der Waals surface area (Å²) in [7, 11) is 0. The molecule has 1 N–H and O–H groups in total. The van der Waals surface area contributed by atoms with Gasteiger partial charge in [-0.3, -0.25) is 4.79 Å². The van der Waals surface area contributed by atoms with Gasteiger partial charge in [-0.1, -0.05) is 12.1 Å². The maximum Gasteiger partial charge on any atom is 0.244 e. The van der Waals surface area contributed by atoms with E-state index in [1.807, 2.05) is 37.3 Å². The zero-order valence-corrected chi connectivity index (χ0v) is 13.7. The highest BCUT2D eigenvalue weighted by Crippen LogP contribution is 2.22. The van der Waals surface area contributed by atoms with Crippen molar-refractivity contribution in [3.05, 3.63) is 59.0 Å². The number of nitrogens with one attached hydrogen (secondary N) is 1. The van der Waals surface area contributed by atoms with E-state index in [1.165, 1.54) is 10.8 Å². The number of furan rings is 1. The Balaban J connectivity index is 1.42. The fourth-order valence-electron chi connectivity index (χ4n) is 2.24.